The van der Waals surface area contributed by atoms with Crippen LogP contribution in [0.5, 0.6) is 0 Å². The van der Waals surface area contributed by atoms with E-state index in [1.165, 1.54) is 0 Å². The summed E-state index contributed by atoms with van der Waals surface area (Å²) in [5.41, 5.74) is 1.29. The number of nitrogens with zero attached hydrogens (tertiary/aromatic N) is 1. The lowest BCUT2D eigenvalue weighted by molar-refractivity contribution is -0.158. The van der Waals surface area contributed by atoms with Crippen molar-refractivity contribution >= 4 is 17.8 Å². The third-order valence-corrected chi connectivity index (χ3v) is 5.85. The largest absolute Gasteiger partial charge is 0.459 e. The number of alkyl carbamates (subject to hydrolysis) is 1. The van der Waals surface area contributed by atoms with Crippen LogP contribution in [0.3, 0.4) is 0 Å². The van der Waals surface area contributed by atoms with Crippen molar-refractivity contribution in [1.82, 2.24) is 10.2 Å². The van der Waals surface area contributed by atoms with Gasteiger partial charge >= 0.3 is 12.1 Å². The molecule has 0 bridgehead atoms. The fourth-order valence-corrected chi connectivity index (χ4v) is 4.11. The van der Waals surface area contributed by atoms with Crippen molar-refractivity contribution in [2.75, 3.05) is 19.6 Å². The van der Waals surface area contributed by atoms with Gasteiger partial charge in [0.25, 0.3) is 0 Å². The van der Waals surface area contributed by atoms with Gasteiger partial charge in [-0.15, -0.1) is 0 Å². The number of esters is 1. The summed E-state index contributed by atoms with van der Waals surface area (Å²) >= 11 is 0. The van der Waals surface area contributed by atoms with Gasteiger partial charge in [-0.25, -0.2) is 9.59 Å². The van der Waals surface area contributed by atoms with E-state index in [2.05, 4.69) is 18.8 Å². The van der Waals surface area contributed by atoms with E-state index in [1.54, 1.807) is 24.3 Å². The second-order valence-corrected chi connectivity index (χ2v) is 8.22. The molecule has 1 aliphatic rings. The second kappa shape index (κ2) is 14.2. The van der Waals surface area contributed by atoms with Gasteiger partial charge in [0.1, 0.15) is 6.10 Å². The first-order valence-corrected chi connectivity index (χ1v) is 11.8. The molecular weight excluding hydrogens is 432 g/mol. The maximum Gasteiger partial charge on any atom is 0.412 e. The molecule has 3 atom stereocenters. The van der Waals surface area contributed by atoms with E-state index in [-0.39, 0.29) is 24.3 Å². The summed E-state index contributed by atoms with van der Waals surface area (Å²) in [4.78, 5) is 40.1. The Labute approximate surface area is 202 Å². The number of nitrogens with one attached hydrogen (secondary N) is 1. The normalized spacial score (nSPS) is 19.9. The number of likely N-dealkylation sites (tertiary alicyclic amines) is 1. The van der Waals surface area contributed by atoms with Crippen LogP contribution in [0.25, 0.3) is 0 Å². The van der Waals surface area contributed by atoms with Gasteiger partial charge in [0.05, 0.1) is 12.8 Å². The zero-order valence-corrected chi connectivity index (χ0v) is 20.4. The first kappa shape index (κ1) is 27.1. The lowest BCUT2D eigenvalue weighted by Crippen LogP contribution is -2.48. The highest BCUT2D eigenvalue weighted by atomic mass is 16.6. The summed E-state index contributed by atoms with van der Waals surface area (Å²) in [6, 6.07) is 7.86. The SMILES string of the molecule is C=COC(=O)NC(C(=O)O[C@H]1CN(CC(=O)C(/C=C\C)=C/CC)CCC1CC)c1ccccc1. The predicted molar refractivity (Wildman–Crippen MR) is 132 cm³/mol. The molecule has 0 saturated carbocycles. The molecule has 7 heteroatoms. The van der Waals surface area contributed by atoms with Crippen molar-refractivity contribution in [3.05, 3.63) is 72.5 Å². The number of carbonyl (C=O) groups excluding carboxylic acids is 3. The molecule has 0 aromatic heterocycles. The minimum Gasteiger partial charge on any atom is -0.459 e. The number of ether oxygens (including phenoxy) is 2. The highest BCUT2D eigenvalue weighted by Crippen LogP contribution is 2.26. The number of hydrogen-bond donors (Lipinski definition) is 1. The van der Waals surface area contributed by atoms with E-state index >= 15 is 0 Å². The smallest absolute Gasteiger partial charge is 0.412 e. The molecule has 1 saturated heterocycles. The molecule has 0 aliphatic carbocycles. The van der Waals surface area contributed by atoms with Crippen LogP contribution < -0.4 is 5.32 Å². The van der Waals surface area contributed by atoms with E-state index in [0.29, 0.717) is 17.7 Å². The summed E-state index contributed by atoms with van der Waals surface area (Å²) in [6.07, 6.45) is 7.90. The first-order chi connectivity index (χ1) is 16.4. The van der Waals surface area contributed by atoms with E-state index in [9.17, 15) is 14.4 Å². The average molecular weight is 469 g/mol. The van der Waals surface area contributed by atoms with Gasteiger partial charge in [-0.3, -0.25) is 9.69 Å². The van der Waals surface area contributed by atoms with Gasteiger partial charge in [0.15, 0.2) is 11.8 Å². The van der Waals surface area contributed by atoms with Crippen molar-refractivity contribution in [3.8, 4) is 0 Å². The average Bonchev–Trinajstić information content (AvgIpc) is 2.83. The number of piperidine rings is 1. The van der Waals surface area contributed by atoms with Gasteiger partial charge < -0.3 is 14.8 Å². The Morgan fingerprint density at radius 2 is 1.97 bits per heavy atom. The number of allylic oxidation sites excluding steroid dienone is 3. The predicted octanol–water partition coefficient (Wildman–Crippen LogP) is 4.72. The van der Waals surface area contributed by atoms with E-state index in [1.807, 2.05) is 43.0 Å². The van der Waals surface area contributed by atoms with Gasteiger partial charge in [-0.2, -0.15) is 0 Å². The Kier molecular flexibility index (Phi) is 11.3. The van der Waals surface area contributed by atoms with Crippen molar-refractivity contribution < 1.29 is 23.9 Å². The standard InChI is InChI=1S/C27H36N2O5/c1-5-12-21(13-6-2)23(30)18-29-17-16-20(7-3)24(19-29)34-26(31)25(28-27(32)33-8-4)22-14-10-9-11-15-22/h5,8-15,20,24-25H,4,6-7,16-19H2,1-3H3,(H,28,32)/b12-5-,21-13+/t20?,24-,25?/m0/s1. The van der Waals surface area contributed by atoms with Crippen molar-refractivity contribution in [2.45, 2.75) is 52.2 Å². The molecule has 7 nitrogen and oxygen atoms in total. The molecule has 184 valence electrons. The topological polar surface area (TPSA) is 84.9 Å². The lowest BCUT2D eigenvalue weighted by Gasteiger charge is -2.38. The number of amides is 1. The van der Waals surface area contributed by atoms with Crippen LogP contribution in [0.2, 0.25) is 0 Å². The highest BCUT2D eigenvalue weighted by Gasteiger charge is 2.34. The van der Waals surface area contributed by atoms with Crippen LogP contribution >= 0.6 is 0 Å². The Hall–Kier alpha value is -3.19. The summed E-state index contributed by atoms with van der Waals surface area (Å²) in [5.74, 6) is -0.339. The van der Waals surface area contributed by atoms with Crippen LogP contribution in [0.15, 0.2) is 67.0 Å². The lowest BCUT2D eigenvalue weighted by atomic mass is 9.91. The zero-order chi connectivity index (χ0) is 24.9. The molecule has 1 aromatic carbocycles. The molecule has 1 heterocycles. The third-order valence-electron chi connectivity index (χ3n) is 5.85. The molecule has 0 spiro atoms. The van der Waals surface area contributed by atoms with Gasteiger partial charge in [-0.05, 0) is 44.2 Å². The van der Waals surface area contributed by atoms with Gasteiger partial charge in [0, 0.05) is 12.1 Å². The van der Waals surface area contributed by atoms with Gasteiger partial charge in [-0.1, -0.05) is 69.0 Å². The highest BCUT2D eigenvalue weighted by molar-refractivity contribution is 5.99. The molecule has 1 aromatic rings. The Morgan fingerprint density at radius 1 is 1.24 bits per heavy atom. The Balaban J connectivity index is 2.14. The van der Waals surface area contributed by atoms with E-state index in [0.717, 1.165) is 32.1 Å². The van der Waals surface area contributed by atoms with Gasteiger partial charge in [0.2, 0.25) is 0 Å². The quantitative estimate of drug-likeness (QED) is 0.219. The molecule has 1 N–H and O–H groups in total. The fourth-order valence-electron chi connectivity index (χ4n) is 4.11. The van der Waals surface area contributed by atoms with Crippen molar-refractivity contribution in [1.29, 1.82) is 0 Å². The second-order valence-electron chi connectivity index (χ2n) is 8.22. The molecule has 1 fully saturated rings. The number of hydrogen-bond acceptors (Lipinski definition) is 6. The van der Waals surface area contributed by atoms with E-state index in [4.69, 9.17) is 9.47 Å². The van der Waals surface area contributed by atoms with Crippen molar-refractivity contribution in [2.24, 2.45) is 5.92 Å². The number of ketones is 1. The van der Waals surface area contributed by atoms with Crippen LogP contribution in [0.1, 0.15) is 51.6 Å². The monoisotopic (exact) mass is 468 g/mol. The number of benzene rings is 1. The number of carbonyl (C=O) groups is 3. The Bertz CT molecular complexity index is 894. The summed E-state index contributed by atoms with van der Waals surface area (Å²) in [5, 5.41) is 2.55. The first-order valence-electron chi connectivity index (χ1n) is 11.8. The maximum absolute atomic E-state index is 13.2. The minimum absolute atomic E-state index is 0.0518. The van der Waals surface area contributed by atoms with Crippen LogP contribution in [0, 0.1) is 5.92 Å². The van der Waals surface area contributed by atoms with E-state index < -0.39 is 18.1 Å². The molecular formula is C27H36N2O5. The van der Waals surface area contributed by atoms with Crippen LogP contribution in [-0.4, -0.2) is 48.5 Å². The fraction of sp³-hybridized carbons (Fsp3) is 0.444. The molecule has 2 rings (SSSR count). The molecule has 1 aliphatic heterocycles. The summed E-state index contributed by atoms with van der Waals surface area (Å²) in [6.45, 7) is 10.8. The van der Waals surface area contributed by atoms with Crippen molar-refractivity contribution in [3.63, 3.8) is 0 Å². The third kappa shape index (κ3) is 7.99. The summed E-state index contributed by atoms with van der Waals surface area (Å²) in [7, 11) is 0. The number of rotatable bonds is 11. The van der Waals surface area contributed by atoms with Crippen LogP contribution in [0.4, 0.5) is 4.79 Å². The molecule has 0 radical (unpaired) electrons. The molecule has 34 heavy (non-hydrogen) atoms. The van der Waals surface area contributed by atoms with Crippen LogP contribution in [-0.2, 0) is 19.1 Å². The maximum atomic E-state index is 13.2. The number of Topliss-reactive ketones (excluding diaryl/α,β-unsaturated/α-hetero) is 1. The minimum atomic E-state index is -1.02. The molecule has 1 amide bonds. The zero-order valence-electron chi connectivity index (χ0n) is 20.4. The Morgan fingerprint density at radius 3 is 2.59 bits per heavy atom. The summed E-state index contributed by atoms with van der Waals surface area (Å²) < 4.78 is 10.7. The molecule has 2 unspecified atom stereocenters.